The second-order valence-corrected chi connectivity index (χ2v) is 7.04. The molecular formula is C21H19FN2S. The van der Waals surface area contributed by atoms with Crippen molar-refractivity contribution >= 4 is 28.4 Å². The fourth-order valence-corrected chi connectivity index (χ4v) is 4.20. The molecule has 1 N–H and O–H groups in total. The third kappa shape index (κ3) is 3.40. The molecule has 0 aromatic heterocycles. The fourth-order valence-electron chi connectivity index (χ4n) is 3.12. The zero-order chi connectivity index (χ0) is 17.1. The third-order valence-corrected chi connectivity index (χ3v) is 5.53. The summed E-state index contributed by atoms with van der Waals surface area (Å²) in [4.78, 5) is 5.20. The number of benzene rings is 3. The van der Waals surface area contributed by atoms with Gasteiger partial charge in [-0.05, 0) is 34.9 Å². The van der Waals surface area contributed by atoms with E-state index >= 15 is 0 Å². The van der Waals surface area contributed by atoms with Crippen molar-refractivity contribution in [2.75, 3.05) is 13.1 Å². The molecule has 2 nitrogen and oxygen atoms in total. The molecule has 0 saturated carbocycles. The Balaban J connectivity index is 1.66. The maximum atomic E-state index is 14.5. The Kier molecular flexibility index (Phi) is 4.70. The highest BCUT2D eigenvalue weighted by Gasteiger charge is 2.16. The molecule has 3 aromatic rings. The Hall–Kier alpha value is -2.33. The standard InChI is InChI=1S/C21H19FN2S/c22-19-11-4-10-18(21-23-12-5-13-24-21)20(19)25-14-16-8-3-7-15-6-1-2-9-17(15)16/h1-4,6-11H,5,12-14H2,(H,23,24). The second-order valence-electron chi connectivity index (χ2n) is 6.05. The average molecular weight is 350 g/mol. The summed E-state index contributed by atoms with van der Waals surface area (Å²) in [6, 6.07) is 19.8. The second kappa shape index (κ2) is 7.28. The van der Waals surface area contributed by atoms with E-state index in [2.05, 4.69) is 40.6 Å². The molecule has 1 aliphatic heterocycles. The van der Waals surface area contributed by atoms with Gasteiger partial charge in [-0.25, -0.2) is 4.39 Å². The lowest BCUT2D eigenvalue weighted by atomic mass is 10.1. The lowest BCUT2D eigenvalue weighted by molar-refractivity contribution is 0.600. The summed E-state index contributed by atoms with van der Waals surface area (Å²) >= 11 is 1.54. The zero-order valence-corrected chi connectivity index (χ0v) is 14.7. The van der Waals surface area contributed by atoms with Crippen molar-refractivity contribution in [2.45, 2.75) is 17.1 Å². The van der Waals surface area contributed by atoms with Crippen LogP contribution >= 0.6 is 11.8 Å². The lowest BCUT2D eigenvalue weighted by Gasteiger charge is -2.18. The van der Waals surface area contributed by atoms with Crippen molar-refractivity contribution in [1.29, 1.82) is 0 Å². The lowest BCUT2D eigenvalue weighted by Crippen LogP contribution is -2.30. The van der Waals surface area contributed by atoms with E-state index < -0.39 is 0 Å². The summed E-state index contributed by atoms with van der Waals surface area (Å²) < 4.78 is 14.5. The molecule has 0 saturated heterocycles. The van der Waals surface area contributed by atoms with Gasteiger partial charge in [0.25, 0.3) is 0 Å². The summed E-state index contributed by atoms with van der Waals surface area (Å²) in [7, 11) is 0. The molecule has 25 heavy (non-hydrogen) atoms. The third-order valence-electron chi connectivity index (χ3n) is 4.37. The molecule has 1 aliphatic rings. The number of nitrogens with zero attached hydrogens (tertiary/aromatic N) is 1. The van der Waals surface area contributed by atoms with Gasteiger partial charge in [-0.2, -0.15) is 0 Å². The average Bonchev–Trinajstić information content (AvgIpc) is 2.67. The summed E-state index contributed by atoms with van der Waals surface area (Å²) in [5.41, 5.74) is 2.08. The van der Waals surface area contributed by atoms with Crippen molar-refractivity contribution in [2.24, 2.45) is 4.99 Å². The van der Waals surface area contributed by atoms with E-state index in [9.17, 15) is 4.39 Å². The van der Waals surface area contributed by atoms with Crippen LogP contribution in [-0.2, 0) is 5.75 Å². The van der Waals surface area contributed by atoms with E-state index in [1.807, 2.05) is 18.2 Å². The normalized spacial score (nSPS) is 14.2. The van der Waals surface area contributed by atoms with Gasteiger partial charge in [0.15, 0.2) is 0 Å². The van der Waals surface area contributed by atoms with Crippen molar-refractivity contribution in [3.63, 3.8) is 0 Å². The Labute approximate surface area is 151 Å². The van der Waals surface area contributed by atoms with Crippen molar-refractivity contribution in [1.82, 2.24) is 5.32 Å². The summed E-state index contributed by atoms with van der Waals surface area (Å²) in [5, 5.41) is 5.74. The molecule has 0 amide bonds. The van der Waals surface area contributed by atoms with E-state index in [4.69, 9.17) is 0 Å². The van der Waals surface area contributed by atoms with Crippen molar-refractivity contribution in [3.05, 3.63) is 77.6 Å². The molecule has 0 spiro atoms. The number of hydrogen-bond donors (Lipinski definition) is 1. The number of nitrogens with one attached hydrogen (secondary N) is 1. The topological polar surface area (TPSA) is 24.4 Å². The number of aliphatic imine (C=N–C) groups is 1. The predicted octanol–water partition coefficient (Wildman–Crippen LogP) is 5.01. The minimum Gasteiger partial charge on any atom is -0.370 e. The molecule has 0 bridgehead atoms. The van der Waals surface area contributed by atoms with Gasteiger partial charge in [0.2, 0.25) is 0 Å². The maximum Gasteiger partial charge on any atom is 0.137 e. The quantitative estimate of drug-likeness (QED) is 0.669. The van der Waals surface area contributed by atoms with Crippen LogP contribution in [0.3, 0.4) is 0 Å². The molecule has 0 radical (unpaired) electrons. The molecule has 4 heteroatoms. The fraction of sp³-hybridized carbons (Fsp3) is 0.190. The SMILES string of the molecule is Fc1cccc(C2=NCCCN2)c1SCc1cccc2ccccc12. The summed E-state index contributed by atoms with van der Waals surface area (Å²) in [5.74, 6) is 1.35. The highest BCUT2D eigenvalue weighted by molar-refractivity contribution is 7.98. The molecule has 4 rings (SSSR count). The summed E-state index contributed by atoms with van der Waals surface area (Å²) in [6.07, 6.45) is 1.03. The van der Waals surface area contributed by atoms with Gasteiger partial charge in [0.05, 0.1) is 4.90 Å². The van der Waals surface area contributed by atoms with E-state index in [0.717, 1.165) is 36.7 Å². The van der Waals surface area contributed by atoms with E-state index in [0.29, 0.717) is 4.90 Å². The largest absolute Gasteiger partial charge is 0.370 e. The van der Waals surface area contributed by atoms with Crippen molar-refractivity contribution in [3.8, 4) is 0 Å². The number of amidine groups is 1. The molecule has 0 aliphatic carbocycles. The number of halogens is 1. The Morgan fingerprint density at radius 2 is 1.84 bits per heavy atom. The van der Waals surface area contributed by atoms with Gasteiger partial charge in [-0.3, -0.25) is 4.99 Å². The van der Waals surface area contributed by atoms with Gasteiger partial charge >= 0.3 is 0 Å². The predicted molar refractivity (Wildman–Crippen MR) is 104 cm³/mol. The van der Waals surface area contributed by atoms with Crippen molar-refractivity contribution < 1.29 is 4.39 Å². The van der Waals surface area contributed by atoms with Crippen LogP contribution in [0.2, 0.25) is 0 Å². The molecule has 1 heterocycles. The molecule has 0 atom stereocenters. The van der Waals surface area contributed by atoms with E-state index in [-0.39, 0.29) is 5.82 Å². The first-order chi connectivity index (χ1) is 12.3. The van der Waals surface area contributed by atoms with E-state index in [1.165, 1.54) is 34.2 Å². The van der Waals surface area contributed by atoms with Crippen LogP contribution in [-0.4, -0.2) is 18.9 Å². The van der Waals surface area contributed by atoms with Crippen LogP contribution in [0.1, 0.15) is 17.5 Å². The highest BCUT2D eigenvalue weighted by atomic mass is 32.2. The molecule has 0 unspecified atom stereocenters. The number of fused-ring (bicyclic) bond motifs is 1. The van der Waals surface area contributed by atoms with Gasteiger partial charge in [0.1, 0.15) is 11.7 Å². The Bertz CT molecular complexity index is 931. The summed E-state index contributed by atoms with van der Waals surface area (Å²) in [6.45, 7) is 1.69. The maximum absolute atomic E-state index is 14.5. The molecule has 126 valence electrons. The van der Waals surface area contributed by atoms with Crippen LogP contribution in [0, 0.1) is 5.82 Å². The van der Waals surface area contributed by atoms with Gasteiger partial charge in [-0.15, -0.1) is 11.8 Å². The van der Waals surface area contributed by atoms with Crippen LogP contribution in [0.5, 0.6) is 0 Å². The Morgan fingerprint density at radius 3 is 2.72 bits per heavy atom. The number of rotatable bonds is 4. The first-order valence-corrected chi connectivity index (χ1v) is 9.48. The Morgan fingerprint density at radius 1 is 1.00 bits per heavy atom. The minimum atomic E-state index is -0.183. The van der Waals surface area contributed by atoms with Gasteiger partial charge < -0.3 is 5.32 Å². The van der Waals surface area contributed by atoms with Crippen LogP contribution in [0.15, 0.2) is 70.6 Å². The van der Waals surface area contributed by atoms with Gasteiger partial charge in [-0.1, -0.05) is 48.5 Å². The smallest absolute Gasteiger partial charge is 0.137 e. The molecule has 3 aromatic carbocycles. The van der Waals surface area contributed by atoms with Crippen LogP contribution in [0.25, 0.3) is 10.8 Å². The minimum absolute atomic E-state index is 0.183. The first-order valence-electron chi connectivity index (χ1n) is 8.49. The monoisotopic (exact) mass is 350 g/mol. The highest BCUT2D eigenvalue weighted by Crippen LogP contribution is 2.32. The first kappa shape index (κ1) is 16.2. The zero-order valence-electron chi connectivity index (χ0n) is 13.8. The number of hydrogen-bond acceptors (Lipinski definition) is 3. The van der Waals surface area contributed by atoms with Crippen LogP contribution < -0.4 is 5.32 Å². The number of thioether (sulfide) groups is 1. The van der Waals surface area contributed by atoms with Crippen LogP contribution in [0.4, 0.5) is 4.39 Å². The van der Waals surface area contributed by atoms with E-state index in [1.54, 1.807) is 6.07 Å². The van der Waals surface area contributed by atoms with Gasteiger partial charge in [0, 0.05) is 24.4 Å². The molecular weight excluding hydrogens is 331 g/mol. The molecule has 0 fully saturated rings.